The van der Waals surface area contributed by atoms with Crippen LogP contribution in [-0.2, 0) is 4.79 Å². The third-order valence-electron chi connectivity index (χ3n) is 3.93. The maximum absolute atomic E-state index is 12.0. The number of aliphatic hydroxyl groups is 1. The molecular formula is C16H22BrNO3. The predicted octanol–water partition coefficient (Wildman–Crippen LogP) is 3.03. The van der Waals surface area contributed by atoms with Crippen LogP contribution in [0.15, 0.2) is 28.7 Å². The van der Waals surface area contributed by atoms with E-state index >= 15 is 0 Å². The minimum absolute atomic E-state index is 0.0201. The molecule has 0 atom stereocenters. The highest BCUT2D eigenvalue weighted by atomic mass is 79.9. The van der Waals surface area contributed by atoms with E-state index in [4.69, 9.17) is 4.74 Å². The molecule has 0 saturated heterocycles. The number of ether oxygens (including phenoxy) is 1. The molecule has 0 aromatic heterocycles. The van der Waals surface area contributed by atoms with Gasteiger partial charge in [-0.1, -0.05) is 35.2 Å². The van der Waals surface area contributed by atoms with Crippen molar-refractivity contribution in [2.75, 3.05) is 13.2 Å². The molecule has 1 aromatic carbocycles. The first-order valence-electron chi connectivity index (χ1n) is 7.44. The lowest BCUT2D eigenvalue weighted by molar-refractivity contribution is -0.124. The van der Waals surface area contributed by atoms with Crippen LogP contribution in [0.3, 0.4) is 0 Å². The van der Waals surface area contributed by atoms with Gasteiger partial charge in [0.25, 0.3) is 0 Å². The molecule has 21 heavy (non-hydrogen) atoms. The second-order valence-electron chi connectivity index (χ2n) is 5.60. The fourth-order valence-corrected chi connectivity index (χ4v) is 2.97. The van der Waals surface area contributed by atoms with Crippen LogP contribution in [0, 0.1) is 0 Å². The van der Waals surface area contributed by atoms with E-state index in [2.05, 4.69) is 21.2 Å². The molecule has 1 aliphatic rings. The van der Waals surface area contributed by atoms with E-state index in [9.17, 15) is 9.90 Å². The van der Waals surface area contributed by atoms with Crippen LogP contribution in [0.25, 0.3) is 0 Å². The van der Waals surface area contributed by atoms with Gasteiger partial charge in [-0.2, -0.15) is 0 Å². The lowest BCUT2D eigenvalue weighted by Crippen LogP contribution is -2.52. The first-order chi connectivity index (χ1) is 10.1. The van der Waals surface area contributed by atoms with Crippen molar-refractivity contribution < 1.29 is 14.6 Å². The summed E-state index contributed by atoms with van der Waals surface area (Å²) in [6.45, 7) is 0.362. The van der Waals surface area contributed by atoms with Crippen molar-refractivity contribution in [1.29, 1.82) is 0 Å². The second kappa shape index (κ2) is 7.80. The van der Waals surface area contributed by atoms with Crippen molar-refractivity contribution in [2.45, 2.75) is 44.1 Å². The number of aliphatic hydroxyl groups excluding tert-OH is 1. The number of amides is 1. The zero-order valence-corrected chi connectivity index (χ0v) is 13.7. The lowest BCUT2D eigenvalue weighted by Gasteiger charge is -2.36. The van der Waals surface area contributed by atoms with E-state index in [0.29, 0.717) is 13.0 Å². The molecule has 1 saturated carbocycles. The number of rotatable bonds is 6. The molecule has 2 rings (SSSR count). The quantitative estimate of drug-likeness (QED) is 0.824. The highest BCUT2D eigenvalue weighted by Crippen LogP contribution is 2.27. The number of benzene rings is 1. The first-order valence-corrected chi connectivity index (χ1v) is 8.23. The Balaban J connectivity index is 1.75. The molecule has 0 bridgehead atoms. The maximum atomic E-state index is 12.0. The minimum Gasteiger partial charge on any atom is -0.493 e. The SMILES string of the molecule is O=C(CCOc1ccc(Br)cc1)NC1(CO)CCCCC1. The average Bonchev–Trinajstić information content (AvgIpc) is 2.50. The molecule has 2 N–H and O–H groups in total. The zero-order chi connectivity index (χ0) is 15.1. The molecule has 1 aromatic rings. The Kier molecular flexibility index (Phi) is 6.06. The minimum atomic E-state index is -0.410. The number of hydrogen-bond donors (Lipinski definition) is 2. The largest absolute Gasteiger partial charge is 0.493 e. The standard InChI is InChI=1S/C16H22BrNO3/c17-13-4-6-14(7-5-13)21-11-8-15(20)18-16(12-19)9-2-1-3-10-16/h4-7,19H,1-3,8-12H2,(H,18,20). The Morgan fingerprint density at radius 2 is 1.90 bits per heavy atom. The van der Waals surface area contributed by atoms with E-state index < -0.39 is 5.54 Å². The van der Waals surface area contributed by atoms with Gasteiger partial charge in [0.15, 0.2) is 0 Å². The van der Waals surface area contributed by atoms with Crippen LogP contribution in [0.1, 0.15) is 38.5 Å². The fourth-order valence-electron chi connectivity index (χ4n) is 2.70. The molecule has 0 heterocycles. The van der Waals surface area contributed by atoms with Gasteiger partial charge in [0.1, 0.15) is 5.75 Å². The second-order valence-corrected chi connectivity index (χ2v) is 6.52. The number of hydrogen-bond acceptors (Lipinski definition) is 3. The van der Waals surface area contributed by atoms with Gasteiger partial charge < -0.3 is 15.2 Å². The third-order valence-corrected chi connectivity index (χ3v) is 4.46. The highest BCUT2D eigenvalue weighted by molar-refractivity contribution is 9.10. The lowest BCUT2D eigenvalue weighted by atomic mass is 9.82. The van der Waals surface area contributed by atoms with Gasteiger partial charge >= 0.3 is 0 Å². The van der Waals surface area contributed by atoms with Crippen LogP contribution >= 0.6 is 15.9 Å². The molecule has 1 fully saturated rings. The molecule has 0 radical (unpaired) electrons. The summed E-state index contributed by atoms with van der Waals surface area (Å²) < 4.78 is 6.54. The first kappa shape index (κ1) is 16.3. The number of nitrogens with one attached hydrogen (secondary N) is 1. The average molecular weight is 356 g/mol. The third kappa shape index (κ3) is 5.00. The van der Waals surface area contributed by atoms with Crippen molar-refractivity contribution in [3.63, 3.8) is 0 Å². The molecule has 4 nitrogen and oxygen atoms in total. The van der Waals surface area contributed by atoms with Gasteiger partial charge in [0.2, 0.25) is 5.91 Å². The molecule has 1 amide bonds. The predicted molar refractivity (Wildman–Crippen MR) is 85.3 cm³/mol. The van der Waals surface area contributed by atoms with Crippen molar-refractivity contribution in [3.05, 3.63) is 28.7 Å². The topological polar surface area (TPSA) is 58.6 Å². The summed E-state index contributed by atoms with van der Waals surface area (Å²) in [5.41, 5.74) is -0.410. The summed E-state index contributed by atoms with van der Waals surface area (Å²) in [5.74, 6) is 0.698. The summed E-state index contributed by atoms with van der Waals surface area (Å²) in [6.07, 6.45) is 5.35. The van der Waals surface area contributed by atoms with Gasteiger partial charge in [0.05, 0.1) is 25.2 Å². The smallest absolute Gasteiger partial charge is 0.223 e. The molecule has 0 spiro atoms. The highest BCUT2D eigenvalue weighted by Gasteiger charge is 2.32. The molecule has 116 valence electrons. The summed E-state index contributed by atoms with van der Waals surface area (Å²) >= 11 is 3.36. The molecule has 0 unspecified atom stereocenters. The summed E-state index contributed by atoms with van der Waals surface area (Å²) in [5, 5.41) is 12.6. The van der Waals surface area contributed by atoms with Crippen molar-refractivity contribution in [3.8, 4) is 5.75 Å². The molecule has 0 aliphatic heterocycles. The van der Waals surface area contributed by atoms with Crippen molar-refractivity contribution in [1.82, 2.24) is 5.32 Å². The van der Waals surface area contributed by atoms with Gasteiger partial charge in [-0.15, -0.1) is 0 Å². The molecule has 1 aliphatic carbocycles. The Morgan fingerprint density at radius 1 is 1.24 bits per heavy atom. The van der Waals surface area contributed by atoms with Crippen LogP contribution in [0.2, 0.25) is 0 Å². The Morgan fingerprint density at radius 3 is 2.52 bits per heavy atom. The van der Waals surface area contributed by atoms with Gasteiger partial charge in [-0.05, 0) is 37.1 Å². The number of carbonyl (C=O) groups excluding carboxylic acids is 1. The summed E-state index contributed by atoms with van der Waals surface area (Å²) in [6, 6.07) is 7.52. The monoisotopic (exact) mass is 355 g/mol. The van der Waals surface area contributed by atoms with Crippen LogP contribution in [-0.4, -0.2) is 29.8 Å². The van der Waals surface area contributed by atoms with Crippen molar-refractivity contribution >= 4 is 21.8 Å². The summed E-state index contributed by atoms with van der Waals surface area (Å²) in [4.78, 5) is 12.0. The van der Waals surface area contributed by atoms with Gasteiger partial charge in [-0.25, -0.2) is 0 Å². The zero-order valence-electron chi connectivity index (χ0n) is 12.1. The Hall–Kier alpha value is -1.07. The fraction of sp³-hybridized carbons (Fsp3) is 0.562. The van der Waals surface area contributed by atoms with E-state index in [-0.39, 0.29) is 12.5 Å². The maximum Gasteiger partial charge on any atom is 0.223 e. The summed E-state index contributed by atoms with van der Waals surface area (Å²) in [7, 11) is 0. The molecular weight excluding hydrogens is 334 g/mol. The number of carbonyl (C=O) groups is 1. The van der Waals surface area contributed by atoms with Crippen LogP contribution < -0.4 is 10.1 Å². The molecule has 5 heteroatoms. The van der Waals surface area contributed by atoms with E-state index in [1.807, 2.05) is 24.3 Å². The van der Waals surface area contributed by atoms with Gasteiger partial charge in [-0.3, -0.25) is 4.79 Å². The van der Waals surface area contributed by atoms with Crippen LogP contribution in [0.5, 0.6) is 5.75 Å². The van der Waals surface area contributed by atoms with Crippen LogP contribution in [0.4, 0.5) is 0 Å². The van der Waals surface area contributed by atoms with Crippen molar-refractivity contribution in [2.24, 2.45) is 0 Å². The van der Waals surface area contributed by atoms with E-state index in [1.165, 1.54) is 6.42 Å². The van der Waals surface area contributed by atoms with E-state index in [0.717, 1.165) is 35.9 Å². The Bertz CT molecular complexity index is 455. The van der Waals surface area contributed by atoms with E-state index in [1.54, 1.807) is 0 Å². The van der Waals surface area contributed by atoms with Gasteiger partial charge in [0, 0.05) is 4.47 Å². The normalized spacial score (nSPS) is 17.2. The number of halogens is 1. The Labute approximate surface area is 134 Å².